The lowest BCUT2D eigenvalue weighted by Crippen LogP contribution is -2.38. The number of halogens is 1. The second kappa shape index (κ2) is 6.91. The van der Waals surface area contributed by atoms with Gasteiger partial charge >= 0.3 is 0 Å². The molecule has 9 heteroatoms. The molecule has 1 heterocycles. The Morgan fingerprint density at radius 1 is 1.32 bits per heavy atom. The smallest absolute Gasteiger partial charge is 0.270 e. The lowest BCUT2D eigenvalue weighted by atomic mass is 10.1. The van der Waals surface area contributed by atoms with E-state index in [1.165, 1.54) is 16.4 Å². The minimum Gasteiger partial charge on any atom is -0.315 e. The third kappa shape index (κ3) is 3.40. The van der Waals surface area contributed by atoms with Crippen molar-refractivity contribution in [3.63, 3.8) is 0 Å². The van der Waals surface area contributed by atoms with Crippen LogP contribution in [0, 0.1) is 24.0 Å². The molecule has 0 amide bonds. The molecule has 1 unspecified atom stereocenters. The van der Waals surface area contributed by atoms with Gasteiger partial charge in [0.1, 0.15) is 0 Å². The monoisotopic (exact) mass is 349 g/mol. The molecule has 1 aromatic rings. The zero-order valence-electron chi connectivity index (χ0n) is 12.7. The van der Waals surface area contributed by atoms with Gasteiger partial charge in [0, 0.05) is 31.8 Å². The minimum absolute atomic E-state index is 0. The van der Waals surface area contributed by atoms with Gasteiger partial charge in [-0.3, -0.25) is 10.1 Å². The van der Waals surface area contributed by atoms with Crippen LogP contribution in [-0.2, 0) is 10.0 Å². The highest BCUT2D eigenvalue weighted by molar-refractivity contribution is 7.89. The molecule has 124 valence electrons. The average molecular weight is 350 g/mol. The van der Waals surface area contributed by atoms with E-state index in [4.69, 9.17) is 0 Å². The van der Waals surface area contributed by atoms with Crippen LogP contribution in [0.1, 0.15) is 17.5 Å². The van der Waals surface area contributed by atoms with Gasteiger partial charge in [0.25, 0.3) is 5.69 Å². The summed E-state index contributed by atoms with van der Waals surface area (Å²) in [7, 11) is -2.09. The molecule has 1 aliphatic rings. The Kier molecular flexibility index (Phi) is 5.91. The first-order valence-corrected chi connectivity index (χ1v) is 8.13. The summed E-state index contributed by atoms with van der Waals surface area (Å²) in [5, 5.41) is 14.0. The van der Waals surface area contributed by atoms with Gasteiger partial charge in [-0.15, -0.1) is 12.4 Å². The van der Waals surface area contributed by atoms with Crippen molar-refractivity contribution >= 4 is 28.1 Å². The Hall–Kier alpha value is -1.22. The van der Waals surface area contributed by atoms with Crippen molar-refractivity contribution in [2.45, 2.75) is 31.2 Å². The largest absolute Gasteiger partial charge is 0.315 e. The van der Waals surface area contributed by atoms with Gasteiger partial charge in [-0.2, -0.15) is 4.31 Å². The Labute approximate surface area is 136 Å². The summed E-state index contributed by atoms with van der Waals surface area (Å²) in [6.07, 6.45) is 0.765. The maximum atomic E-state index is 12.8. The number of nitro benzene ring substituents is 1. The SMILES string of the molecule is Cc1cc([N+](=O)[O-])cc(C)c1S(=O)(=O)N(C)C1CCNC1.Cl. The molecule has 1 N–H and O–H groups in total. The van der Waals surface area contributed by atoms with Crippen LogP contribution >= 0.6 is 12.4 Å². The van der Waals surface area contributed by atoms with Crippen LogP contribution in [0.25, 0.3) is 0 Å². The molecule has 1 aliphatic heterocycles. The van der Waals surface area contributed by atoms with Crippen molar-refractivity contribution in [2.75, 3.05) is 20.1 Å². The number of hydrogen-bond donors (Lipinski definition) is 1. The Bertz CT molecular complexity index is 649. The van der Waals surface area contributed by atoms with E-state index in [1.54, 1.807) is 20.9 Å². The van der Waals surface area contributed by atoms with Crippen molar-refractivity contribution in [3.8, 4) is 0 Å². The molecule has 0 radical (unpaired) electrons. The first kappa shape index (κ1) is 18.8. The Morgan fingerprint density at radius 2 is 1.86 bits per heavy atom. The van der Waals surface area contributed by atoms with Crippen molar-refractivity contribution in [3.05, 3.63) is 33.4 Å². The van der Waals surface area contributed by atoms with Gasteiger partial charge in [-0.25, -0.2) is 8.42 Å². The van der Waals surface area contributed by atoms with Gasteiger partial charge in [-0.05, 0) is 37.9 Å². The summed E-state index contributed by atoms with van der Waals surface area (Å²) in [5.41, 5.74) is 0.716. The molecule has 0 bridgehead atoms. The predicted octanol–water partition coefficient (Wildman–Crippen LogP) is 1.62. The van der Waals surface area contributed by atoms with Crippen LogP contribution in [0.15, 0.2) is 17.0 Å². The summed E-state index contributed by atoms with van der Waals surface area (Å²) in [6.45, 7) is 4.60. The lowest BCUT2D eigenvalue weighted by molar-refractivity contribution is -0.385. The molecule has 1 aromatic carbocycles. The topological polar surface area (TPSA) is 92.5 Å². The van der Waals surface area contributed by atoms with Gasteiger partial charge < -0.3 is 5.32 Å². The summed E-state index contributed by atoms with van der Waals surface area (Å²) in [5.74, 6) is 0. The molecule has 0 saturated carbocycles. The van der Waals surface area contributed by atoms with Crippen LogP contribution in [0.5, 0.6) is 0 Å². The first-order valence-electron chi connectivity index (χ1n) is 6.69. The summed E-state index contributed by atoms with van der Waals surface area (Å²) in [4.78, 5) is 10.5. The van der Waals surface area contributed by atoms with Gasteiger partial charge in [0.05, 0.1) is 9.82 Å². The molecule has 1 fully saturated rings. The number of hydrogen-bond acceptors (Lipinski definition) is 5. The van der Waals surface area contributed by atoms with Gasteiger partial charge in [0.15, 0.2) is 0 Å². The number of rotatable bonds is 4. The van der Waals surface area contributed by atoms with Crippen LogP contribution in [0.3, 0.4) is 0 Å². The number of non-ortho nitro benzene ring substituents is 1. The van der Waals surface area contributed by atoms with E-state index >= 15 is 0 Å². The summed E-state index contributed by atoms with van der Waals surface area (Å²) in [6, 6.07) is 2.53. The fourth-order valence-corrected chi connectivity index (χ4v) is 4.52. The van der Waals surface area contributed by atoms with E-state index in [9.17, 15) is 18.5 Å². The van der Waals surface area contributed by atoms with Crippen molar-refractivity contribution in [2.24, 2.45) is 0 Å². The molecule has 1 atom stereocenters. The van der Waals surface area contributed by atoms with Gasteiger partial charge in [-0.1, -0.05) is 0 Å². The average Bonchev–Trinajstić information content (AvgIpc) is 2.90. The van der Waals surface area contributed by atoms with Gasteiger partial charge in [0.2, 0.25) is 10.0 Å². The van der Waals surface area contributed by atoms with Crippen molar-refractivity contribution < 1.29 is 13.3 Å². The fraction of sp³-hybridized carbons (Fsp3) is 0.538. The molecule has 7 nitrogen and oxygen atoms in total. The summed E-state index contributed by atoms with van der Waals surface area (Å²) >= 11 is 0. The third-order valence-electron chi connectivity index (χ3n) is 3.84. The molecule has 22 heavy (non-hydrogen) atoms. The van der Waals surface area contributed by atoms with E-state index in [0.717, 1.165) is 13.0 Å². The maximum Gasteiger partial charge on any atom is 0.270 e. The maximum absolute atomic E-state index is 12.8. The zero-order chi connectivity index (χ0) is 15.8. The lowest BCUT2D eigenvalue weighted by Gasteiger charge is -2.24. The number of sulfonamides is 1. The second-order valence-corrected chi connectivity index (χ2v) is 7.27. The molecule has 0 aromatic heterocycles. The standard InChI is InChI=1S/C13H19N3O4S.ClH/c1-9-6-12(16(17)18)7-10(2)13(9)21(19,20)15(3)11-4-5-14-8-11;/h6-7,11,14H,4-5,8H2,1-3H3;1H. The molecular formula is C13H20ClN3O4S. The van der Waals surface area contributed by atoms with Crippen LogP contribution in [0.4, 0.5) is 5.69 Å². The molecular weight excluding hydrogens is 330 g/mol. The molecule has 2 rings (SSSR count). The van der Waals surface area contributed by atoms with Crippen molar-refractivity contribution in [1.82, 2.24) is 9.62 Å². The van der Waals surface area contributed by atoms with Crippen molar-refractivity contribution in [1.29, 1.82) is 0 Å². The minimum atomic E-state index is -3.66. The van der Waals surface area contributed by atoms with E-state index < -0.39 is 14.9 Å². The fourth-order valence-electron chi connectivity index (χ4n) is 2.73. The quantitative estimate of drug-likeness (QED) is 0.658. The van der Waals surface area contributed by atoms with E-state index in [-0.39, 0.29) is 29.0 Å². The molecule has 0 spiro atoms. The normalized spacial score (nSPS) is 18.3. The zero-order valence-corrected chi connectivity index (χ0v) is 14.3. The Balaban J connectivity index is 0.00000242. The summed E-state index contributed by atoms with van der Waals surface area (Å²) < 4.78 is 26.9. The Morgan fingerprint density at radius 3 is 2.27 bits per heavy atom. The second-order valence-electron chi connectivity index (χ2n) is 5.33. The highest BCUT2D eigenvalue weighted by atomic mass is 35.5. The number of nitrogens with zero attached hydrogens (tertiary/aromatic N) is 2. The van der Waals surface area contributed by atoms with E-state index in [2.05, 4.69) is 5.32 Å². The highest BCUT2D eigenvalue weighted by Gasteiger charge is 2.32. The predicted molar refractivity (Wildman–Crippen MR) is 86.0 cm³/mol. The van der Waals surface area contributed by atoms with Crippen LogP contribution < -0.4 is 5.32 Å². The number of nitro groups is 1. The van der Waals surface area contributed by atoms with Crippen LogP contribution in [-0.4, -0.2) is 43.8 Å². The molecule has 1 saturated heterocycles. The first-order chi connectivity index (χ1) is 9.75. The van der Waals surface area contributed by atoms with E-state index in [1.807, 2.05) is 0 Å². The third-order valence-corrected chi connectivity index (χ3v) is 6.06. The number of benzene rings is 1. The number of likely N-dealkylation sites (N-methyl/N-ethyl adjacent to an activating group) is 1. The highest BCUT2D eigenvalue weighted by Crippen LogP contribution is 2.29. The number of nitrogens with one attached hydrogen (secondary N) is 1. The number of aryl methyl sites for hydroxylation is 2. The van der Waals surface area contributed by atoms with Crippen LogP contribution in [0.2, 0.25) is 0 Å². The molecule has 0 aliphatic carbocycles. The van der Waals surface area contributed by atoms with E-state index in [0.29, 0.717) is 17.7 Å².